The molecule has 5 heteroatoms. The van der Waals surface area contributed by atoms with E-state index in [-0.39, 0.29) is 12.5 Å². The Morgan fingerprint density at radius 1 is 1.50 bits per heavy atom. The SMILES string of the molecule is Cn1cccc1CNC(CC(=O)O)c1cccs1. The minimum Gasteiger partial charge on any atom is -0.481 e. The summed E-state index contributed by atoms with van der Waals surface area (Å²) >= 11 is 1.58. The summed E-state index contributed by atoms with van der Waals surface area (Å²) in [6, 6.07) is 7.79. The molecule has 0 aliphatic heterocycles. The summed E-state index contributed by atoms with van der Waals surface area (Å²) in [6.07, 6.45) is 2.08. The van der Waals surface area contributed by atoms with Crippen LogP contribution in [0, 0.1) is 0 Å². The van der Waals surface area contributed by atoms with Crippen LogP contribution in [0.25, 0.3) is 0 Å². The van der Waals surface area contributed by atoms with Crippen LogP contribution in [0.4, 0.5) is 0 Å². The van der Waals surface area contributed by atoms with E-state index in [0.717, 1.165) is 10.6 Å². The predicted molar refractivity (Wildman–Crippen MR) is 71.6 cm³/mol. The maximum atomic E-state index is 10.9. The molecule has 0 saturated carbocycles. The standard InChI is InChI=1S/C13H16N2O2S/c1-15-6-2-4-10(15)9-14-11(8-13(16)17)12-5-3-7-18-12/h2-7,11,14H,8-9H2,1H3,(H,16,17). The van der Waals surface area contributed by atoms with Gasteiger partial charge >= 0.3 is 5.97 Å². The molecule has 2 N–H and O–H groups in total. The number of nitrogens with zero attached hydrogens (tertiary/aromatic N) is 1. The molecule has 2 rings (SSSR count). The zero-order valence-electron chi connectivity index (χ0n) is 10.2. The van der Waals surface area contributed by atoms with Gasteiger partial charge in [0.2, 0.25) is 0 Å². The molecular formula is C13H16N2O2S. The number of hydrogen-bond acceptors (Lipinski definition) is 3. The quantitative estimate of drug-likeness (QED) is 0.842. The molecule has 0 saturated heterocycles. The van der Waals surface area contributed by atoms with Crippen LogP contribution in [-0.4, -0.2) is 15.6 Å². The maximum absolute atomic E-state index is 10.9. The predicted octanol–water partition coefficient (Wildman–Crippen LogP) is 2.39. The third-order valence-electron chi connectivity index (χ3n) is 2.85. The fourth-order valence-corrected chi connectivity index (χ4v) is 2.65. The van der Waals surface area contributed by atoms with E-state index in [1.807, 2.05) is 47.5 Å². The average Bonchev–Trinajstić information content (AvgIpc) is 2.95. The Hall–Kier alpha value is -1.59. The summed E-state index contributed by atoms with van der Waals surface area (Å²) in [5, 5.41) is 14.2. The zero-order chi connectivity index (χ0) is 13.0. The first kappa shape index (κ1) is 12.9. The highest BCUT2D eigenvalue weighted by atomic mass is 32.1. The Morgan fingerprint density at radius 3 is 2.89 bits per heavy atom. The second-order valence-corrected chi connectivity index (χ2v) is 5.14. The molecule has 0 aliphatic carbocycles. The molecule has 1 unspecified atom stereocenters. The summed E-state index contributed by atoms with van der Waals surface area (Å²) < 4.78 is 2.03. The van der Waals surface area contributed by atoms with Crippen LogP contribution in [0.5, 0.6) is 0 Å². The molecule has 0 bridgehead atoms. The smallest absolute Gasteiger partial charge is 0.305 e. The van der Waals surface area contributed by atoms with E-state index in [0.29, 0.717) is 6.54 Å². The minimum absolute atomic E-state index is 0.102. The number of carboxylic acid groups (broad SMARTS) is 1. The van der Waals surface area contributed by atoms with Gasteiger partial charge in [0.15, 0.2) is 0 Å². The molecule has 96 valence electrons. The van der Waals surface area contributed by atoms with Gasteiger partial charge in [-0.05, 0) is 23.6 Å². The van der Waals surface area contributed by atoms with Gasteiger partial charge in [-0.3, -0.25) is 4.79 Å². The highest BCUT2D eigenvalue weighted by Crippen LogP contribution is 2.22. The van der Waals surface area contributed by atoms with Crippen molar-refractivity contribution in [3.05, 3.63) is 46.4 Å². The van der Waals surface area contributed by atoms with Crippen LogP contribution >= 0.6 is 11.3 Å². The lowest BCUT2D eigenvalue weighted by Crippen LogP contribution is -2.23. The molecular weight excluding hydrogens is 248 g/mol. The maximum Gasteiger partial charge on any atom is 0.305 e. The van der Waals surface area contributed by atoms with Gasteiger partial charge in [-0.25, -0.2) is 0 Å². The van der Waals surface area contributed by atoms with E-state index in [4.69, 9.17) is 5.11 Å². The Balaban J connectivity index is 2.02. The lowest BCUT2D eigenvalue weighted by atomic mass is 10.1. The fraction of sp³-hybridized carbons (Fsp3) is 0.308. The summed E-state index contributed by atoms with van der Waals surface area (Å²) in [4.78, 5) is 12.0. The Morgan fingerprint density at radius 2 is 2.33 bits per heavy atom. The third kappa shape index (κ3) is 3.21. The monoisotopic (exact) mass is 264 g/mol. The summed E-state index contributed by atoms with van der Waals surface area (Å²) in [6.45, 7) is 0.666. The van der Waals surface area contributed by atoms with Crippen molar-refractivity contribution in [1.29, 1.82) is 0 Å². The molecule has 2 aromatic rings. The molecule has 0 radical (unpaired) electrons. The van der Waals surface area contributed by atoms with E-state index >= 15 is 0 Å². The largest absolute Gasteiger partial charge is 0.481 e. The van der Waals surface area contributed by atoms with Crippen molar-refractivity contribution in [2.24, 2.45) is 7.05 Å². The Bertz CT molecular complexity index is 505. The first-order valence-corrected chi connectivity index (χ1v) is 6.63. The Labute approximate surface area is 110 Å². The molecule has 0 spiro atoms. The van der Waals surface area contributed by atoms with Gasteiger partial charge in [-0.2, -0.15) is 0 Å². The molecule has 1 atom stereocenters. The average molecular weight is 264 g/mol. The summed E-state index contributed by atoms with van der Waals surface area (Å²) in [7, 11) is 1.98. The fourth-order valence-electron chi connectivity index (χ4n) is 1.85. The van der Waals surface area contributed by atoms with Gasteiger partial charge in [0, 0.05) is 30.4 Å². The minimum atomic E-state index is -0.784. The lowest BCUT2D eigenvalue weighted by molar-refractivity contribution is -0.137. The molecule has 0 fully saturated rings. The van der Waals surface area contributed by atoms with Crippen molar-refractivity contribution in [2.45, 2.75) is 19.0 Å². The second kappa shape index (κ2) is 5.84. The van der Waals surface area contributed by atoms with Gasteiger partial charge in [-0.15, -0.1) is 11.3 Å². The number of rotatable bonds is 6. The van der Waals surface area contributed by atoms with Crippen LogP contribution in [0.1, 0.15) is 23.0 Å². The molecule has 4 nitrogen and oxygen atoms in total. The van der Waals surface area contributed by atoms with E-state index in [1.165, 1.54) is 0 Å². The molecule has 18 heavy (non-hydrogen) atoms. The van der Waals surface area contributed by atoms with E-state index in [9.17, 15) is 4.79 Å². The van der Waals surface area contributed by atoms with Crippen molar-refractivity contribution in [2.75, 3.05) is 0 Å². The van der Waals surface area contributed by atoms with Gasteiger partial charge in [0.1, 0.15) is 0 Å². The van der Waals surface area contributed by atoms with Crippen molar-refractivity contribution in [3.63, 3.8) is 0 Å². The molecule has 2 heterocycles. The van der Waals surface area contributed by atoms with Crippen LogP contribution in [0.3, 0.4) is 0 Å². The van der Waals surface area contributed by atoms with E-state index in [2.05, 4.69) is 5.32 Å². The van der Waals surface area contributed by atoms with Gasteiger partial charge in [-0.1, -0.05) is 6.07 Å². The number of aryl methyl sites for hydroxylation is 1. The highest BCUT2D eigenvalue weighted by Gasteiger charge is 2.16. The van der Waals surface area contributed by atoms with Gasteiger partial charge in [0.25, 0.3) is 0 Å². The number of carbonyl (C=O) groups is 1. The molecule has 0 aliphatic rings. The molecule has 0 aromatic carbocycles. The number of carboxylic acids is 1. The highest BCUT2D eigenvalue weighted by molar-refractivity contribution is 7.10. The number of thiophene rings is 1. The first-order valence-electron chi connectivity index (χ1n) is 5.75. The van der Waals surface area contributed by atoms with Crippen molar-refractivity contribution < 1.29 is 9.90 Å². The number of hydrogen-bond donors (Lipinski definition) is 2. The zero-order valence-corrected chi connectivity index (χ0v) is 11.0. The summed E-state index contributed by atoms with van der Waals surface area (Å²) in [5.74, 6) is -0.784. The van der Waals surface area contributed by atoms with Crippen molar-refractivity contribution in [3.8, 4) is 0 Å². The number of aliphatic carboxylic acids is 1. The normalized spacial score (nSPS) is 12.5. The van der Waals surface area contributed by atoms with Gasteiger partial charge < -0.3 is 15.0 Å². The van der Waals surface area contributed by atoms with Crippen molar-refractivity contribution in [1.82, 2.24) is 9.88 Å². The topological polar surface area (TPSA) is 54.3 Å². The Kier molecular flexibility index (Phi) is 4.17. The lowest BCUT2D eigenvalue weighted by Gasteiger charge is -2.15. The van der Waals surface area contributed by atoms with E-state index < -0.39 is 5.97 Å². The molecule has 2 aromatic heterocycles. The number of nitrogens with one attached hydrogen (secondary N) is 1. The van der Waals surface area contributed by atoms with Crippen LogP contribution < -0.4 is 5.32 Å². The van der Waals surface area contributed by atoms with Crippen LogP contribution in [0.2, 0.25) is 0 Å². The van der Waals surface area contributed by atoms with E-state index in [1.54, 1.807) is 11.3 Å². The van der Waals surface area contributed by atoms with Crippen LogP contribution in [-0.2, 0) is 18.4 Å². The van der Waals surface area contributed by atoms with Gasteiger partial charge in [0.05, 0.1) is 12.5 Å². The molecule has 0 amide bonds. The number of aromatic nitrogens is 1. The third-order valence-corrected chi connectivity index (χ3v) is 3.83. The summed E-state index contributed by atoms with van der Waals surface area (Å²) in [5.41, 5.74) is 1.14. The second-order valence-electron chi connectivity index (χ2n) is 4.16. The van der Waals surface area contributed by atoms with Crippen LogP contribution in [0.15, 0.2) is 35.8 Å². The van der Waals surface area contributed by atoms with Crippen molar-refractivity contribution >= 4 is 17.3 Å². The first-order chi connectivity index (χ1) is 8.66.